The minimum absolute atomic E-state index is 0.0191. The molecule has 9 nitrogen and oxygen atoms in total. The summed E-state index contributed by atoms with van der Waals surface area (Å²) in [5.41, 5.74) is -0.0489. The van der Waals surface area contributed by atoms with Crippen LogP contribution < -0.4 is 14.2 Å². The molecule has 0 radical (unpaired) electrons. The highest BCUT2D eigenvalue weighted by molar-refractivity contribution is 5.99. The van der Waals surface area contributed by atoms with Crippen LogP contribution in [-0.4, -0.2) is 48.8 Å². The van der Waals surface area contributed by atoms with E-state index in [4.69, 9.17) is 23.7 Å². The van der Waals surface area contributed by atoms with Gasteiger partial charge >= 0.3 is 11.9 Å². The van der Waals surface area contributed by atoms with E-state index in [0.717, 1.165) is 0 Å². The third kappa shape index (κ3) is 7.61. The second-order valence-corrected chi connectivity index (χ2v) is 7.39. The number of aromatic nitrogens is 1. The van der Waals surface area contributed by atoms with Crippen LogP contribution in [-0.2, 0) is 19.1 Å². The van der Waals surface area contributed by atoms with E-state index in [0.29, 0.717) is 5.75 Å². The van der Waals surface area contributed by atoms with Gasteiger partial charge < -0.3 is 23.7 Å². The number of carbonyl (C=O) groups is 3. The Labute approximate surface area is 198 Å². The van der Waals surface area contributed by atoms with Crippen LogP contribution in [0.5, 0.6) is 17.2 Å². The Morgan fingerprint density at radius 1 is 1.12 bits per heavy atom. The topological polar surface area (TPSA) is 110 Å². The Hall–Kier alpha value is -3.88. The molecule has 0 saturated heterocycles. The summed E-state index contributed by atoms with van der Waals surface area (Å²) in [5, 5.41) is 0. The van der Waals surface area contributed by atoms with Crippen molar-refractivity contribution in [3.05, 3.63) is 60.9 Å². The third-order valence-electron chi connectivity index (χ3n) is 4.72. The van der Waals surface area contributed by atoms with Gasteiger partial charge in [-0.2, -0.15) is 0 Å². The van der Waals surface area contributed by atoms with Gasteiger partial charge in [0.05, 0.1) is 13.0 Å². The summed E-state index contributed by atoms with van der Waals surface area (Å²) in [6, 6.07) is 10.6. The molecule has 0 aliphatic carbocycles. The predicted molar refractivity (Wildman–Crippen MR) is 123 cm³/mol. The van der Waals surface area contributed by atoms with Gasteiger partial charge in [0, 0.05) is 25.6 Å². The average molecular weight is 472 g/mol. The van der Waals surface area contributed by atoms with Gasteiger partial charge in [-0.15, -0.1) is 0 Å². The smallest absolute Gasteiger partial charge is 0.309 e. The number of pyridine rings is 1. The SMILES string of the molecule is C=C[C@H](OC(=O)[C@H](C)CC(=O)c1nccc(OC)c1OCOC(C)=O)[C@H](C)Oc1ccccc1. The molecule has 0 spiro atoms. The fourth-order valence-corrected chi connectivity index (χ4v) is 2.93. The Kier molecular flexibility index (Phi) is 10.1. The summed E-state index contributed by atoms with van der Waals surface area (Å²) in [6.07, 6.45) is 1.45. The summed E-state index contributed by atoms with van der Waals surface area (Å²) in [7, 11) is 1.40. The molecule has 0 N–H and O–H groups in total. The van der Waals surface area contributed by atoms with E-state index in [2.05, 4.69) is 11.6 Å². The van der Waals surface area contributed by atoms with Crippen LogP contribution in [0, 0.1) is 5.92 Å². The normalized spacial score (nSPS) is 13.1. The van der Waals surface area contributed by atoms with Crippen molar-refractivity contribution in [3.63, 3.8) is 0 Å². The van der Waals surface area contributed by atoms with Crippen LogP contribution in [0.15, 0.2) is 55.3 Å². The summed E-state index contributed by atoms with van der Waals surface area (Å²) in [4.78, 5) is 40.7. The van der Waals surface area contributed by atoms with Crippen molar-refractivity contribution in [2.24, 2.45) is 5.92 Å². The van der Waals surface area contributed by atoms with E-state index in [-0.39, 0.29) is 23.6 Å². The molecular formula is C25H29NO8. The Morgan fingerprint density at radius 3 is 2.44 bits per heavy atom. The van der Waals surface area contributed by atoms with Crippen LogP contribution in [0.3, 0.4) is 0 Å². The van der Waals surface area contributed by atoms with Crippen LogP contribution in [0.4, 0.5) is 0 Å². The van der Waals surface area contributed by atoms with Crippen LogP contribution in [0.25, 0.3) is 0 Å². The molecule has 34 heavy (non-hydrogen) atoms. The highest BCUT2D eigenvalue weighted by Gasteiger charge is 2.28. The molecule has 0 fully saturated rings. The van der Waals surface area contributed by atoms with Gasteiger partial charge in [0.2, 0.25) is 6.79 Å². The number of esters is 2. The van der Waals surface area contributed by atoms with E-state index >= 15 is 0 Å². The molecule has 3 atom stereocenters. The fraction of sp³-hybridized carbons (Fsp3) is 0.360. The van der Waals surface area contributed by atoms with E-state index < -0.39 is 42.6 Å². The molecule has 0 saturated carbocycles. The van der Waals surface area contributed by atoms with Crippen molar-refractivity contribution < 1.29 is 38.1 Å². The lowest BCUT2D eigenvalue weighted by molar-refractivity contribution is -0.154. The second kappa shape index (κ2) is 13.0. The highest BCUT2D eigenvalue weighted by atomic mass is 16.7. The first kappa shape index (κ1) is 26.4. The first-order valence-electron chi connectivity index (χ1n) is 10.6. The molecule has 0 bridgehead atoms. The molecule has 1 aromatic carbocycles. The monoisotopic (exact) mass is 471 g/mol. The largest absolute Gasteiger partial charge is 0.493 e. The summed E-state index contributed by atoms with van der Waals surface area (Å²) in [6.45, 7) is 7.85. The number of rotatable bonds is 13. The Balaban J connectivity index is 2.04. The summed E-state index contributed by atoms with van der Waals surface area (Å²) in [5.74, 6) is -1.50. The molecule has 2 aromatic rings. The molecule has 182 valence electrons. The number of ether oxygens (including phenoxy) is 5. The van der Waals surface area contributed by atoms with Crippen LogP contribution in [0.2, 0.25) is 0 Å². The molecule has 9 heteroatoms. The van der Waals surface area contributed by atoms with Crippen molar-refractivity contribution in [1.82, 2.24) is 4.98 Å². The lowest BCUT2D eigenvalue weighted by Gasteiger charge is -2.23. The quantitative estimate of drug-likeness (QED) is 0.187. The number of ketones is 1. The maximum absolute atomic E-state index is 12.9. The molecular weight excluding hydrogens is 442 g/mol. The molecule has 0 aliphatic heterocycles. The summed E-state index contributed by atoms with van der Waals surface area (Å²) >= 11 is 0. The minimum atomic E-state index is -0.784. The maximum atomic E-state index is 12.9. The highest BCUT2D eigenvalue weighted by Crippen LogP contribution is 2.31. The van der Waals surface area contributed by atoms with Crippen molar-refractivity contribution in [1.29, 1.82) is 0 Å². The van der Waals surface area contributed by atoms with Gasteiger partial charge in [0.15, 0.2) is 29.1 Å². The first-order chi connectivity index (χ1) is 16.3. The molecule has 1 aromatic heterocycles. The zero-order valence-corrected chi connectivity index (χ0v) is 19.7. The van der Waals surface area contributed by atoms with Crippen molar-refractivity contribution >= 4 is 17.7 Å². The zero-order valence-electron chi connectivity index (χ0n) is 19.7. The second-order valence-electron chi connectivity index (χ2n) is 7.39. The van der Waals surface area contributed by atoms with Gasteiger partial charge in [0.1, 0.15) is 11.9 Å². The maximum Gasteiger partial charge on any atom is 0.309 e. The standard InChI is InChI=1S/C25H29NO8/c1-6-21(17(3)33-19-10-8-7-9-11-19)34-25(29)16(2)14-20(28)23-24(32-15-31-18(4)27)22(30-5)12-13-26-23/h6-13,16-17,21H,1,14-15H2,2-5H3/t16-,17+,21+/m1/s1. The van der Waals surface area contributed by atoms with Gasteiger partial charge in [0.25, 0.3) is 0 Å². The summed E-state index contributed by atoms with van der Waals surface area (Å²) < 4.78 is 26.7. The van der Waals surface area contributed by atoms with Gasteiger partial charge in [-0.1, -0.05) is 31.7 Å². The third-order valence-corrected chi connectivity index (χ3v) is 4.72. The lowest BCUT2D eigenvalue weighted by Crippen LogP contribution is -2.34. The van der Waals surface area contributed by atoms with Crippen molar-refractivity contribution in [2.75, 3.05) is 13.9 Å². The van der Waals surface area contributed by atoms with E-state index in [1.807, 2.05) is 18.2 Å². The van der Waals surface area contributed by atoms with E-state index in [9.17, 15) is 14.4 Å². The van der Waals surface area contributed by atoms with Crippen LogP contribution >= 0.6 is 0 Å². The predicted octanol–water partition coefficient (Wildman–Crippen LogP) is 3.76. The van der Waals surface area contributed by atoms with Crippen molar-refractivity contribution in [2.45, 2.75) is 39.4 Å². The zero-order chi connectivity index (χ0) is 25.1. The van der Waals surface area contributed by atoms with E-state index in [1.54, 1.807) is 26.0 Å². The van der Waals surface area contributed by atoms with Crippen molar-refractivity contribution in [3.8, 4) is 17.2 Å². The first-order valence-corrected chi connectivity index (χ1v) is 10.6. The number of methoxy groups -OCH3 is 1. The van der Waals surface area contributed by atoms with Gasteiger partial charge in [-0.3, -0.25) is 14.4 Å². The fourth-order valence-electron chi connectivity index (χ4n) is 2.93. The number of Topliss-reactive ketones (excluding diaryl/α,β-unsaturated/α-hetero) is 1. The number of nitrogens with zero attached hydrogens (tertiary/aromatic N) is 1. The number of hydrogen-bond donors (Lipinski definition) is 0. The van der Waals surface area contributed by atoms with E-state index in [1.165, 1.54) is 32.4 Å². The minimum Gasteiger partial charge on any atom is -0.493 e. The van der Waals surface area contributed by atoms with Gasteiger partial charge in [-0.25, -0.2) is 4.98 Å². The lowest BCUT2D eigenvalue weighted by atomic mass is 10.0. The number of hydrogen-bond acceptors (Lipinski definition) is 9. The molecule has 2 rings (SSSR count). The number of carbonyl (C=O) groups excluding carboxylic acids is 3. The average Bonchev–Trinajstić information content (AvgIpc) is 2.82. The molecule has 0 unspecified atom stereocenters. The molecule has 0 amide bonds. The molecule has 1 heterocycles. The Bertz CT molecular complexity index is 992. The van der Waals surface area contributed by atoms with Gasteiger partial charge in [-0.05, 0) is 25.1 Å². The number of para-hydroxylation sites is 1. The molecule has 0 aliphatic rings. The van der Waals surface area contributed by atoms with Crippen LogP contribution in [0.1, 0.15) is 37.7 Å². The Morgan fingerprint density at radius 2 is 1.82 bits per heavy atom. The number of benzene rings is 1.